The van der Waals surface area contributed by atoms with Gasteiger partial charge in [-0.25, -0.2) is 22.4 Å². The summed E-state index contributed by atoms with van der Waals surface area (Å²) in [6, 6.07) is 15.4. The molecule has 2 heterocycles. The Morgan fingerprint density at radius 2 is 1.81 bits per heavy atom. The highest BCUT2D eigenvalue weighted by atomic mass is 32.2. The number of benzene rings is 2. The van der Waals surface area contributed by atoms with Crippen LogP contribution in [-0.2, 0) is 14.8 Å². The largest absolute Gasteiger partial charge is 0.502 e. The molecular weight excluding hydrogens is 426 g/mol. The van der Waals surface area contributed by atoms with Crippen molar-refractivity contribution < 1.29 is 13.2 Å². The number of nitrogen functional groups attached to an aromatic ring is 1. The van der Waals surface area contributed by atoms with E-state index < -0.39 is 10.0 Å². The molecule has 8 nitrogen and oxygen atoms in total. The first-order valence-electron chi connectivity index (χ1n) is 9.82. The van der Waals surface area contributed by atoms with Crippen LogP contribution in [0.25, 0.3) is 22.2 Å². The summed E-state index contributed by atoms with van der Waals surface area (Å²) in [6.07, 6.45) is 3.27. The van der Waals surface area contributed by atoms with Gasteiger partial charge in [-0.05, 0) is 23.3 Å². The summed E-state index contributed by atoms with van der Waals surface area (Å²) in [6.45, 7) is 3.81. The van der Waals surface area contributed by atoms with Gasteiger partial charge >= 0.3 is 0 Å². The zero-order valence-electron chi connectivity index (χ0n) is 17.5. The Bertz CT molecular complexity index is 1380. The third-order valence-electron chi connectivity index (χ3n) is 5.27. The van der Waals surface area contributed by atoms with Crippen LogP contribution in [-0.4, -0.2) is 29.5 Å². The summed E-state index contributed by atoms with van der Waals surface area (Å²) in [5, 5.41) is 0.469. The predicted molar refractivity (Wildman–Crippen MR) is 124 cm³/mol. The summed E-state index contributed by atoms with van der Waals surface area (Å²) < 4.78 is 32.9. The molecule has 0 saturated heterocycles. The average molecular weight is 450 g/mol. The molecule has 4 N–H and O–H groups in total. The number of fused-ring (bicyclic) bond motifs is 1. The van der Waals surface area contributed by atoms with Gasteiger partial charge in [-0.15, -0.1) is 0 Å². The molecule has 2 aromatic carbocycles. The number of ether oxygens (including phenoxy) is 1. The molecule has 0 radical (unpaired) electrons. The number of anilines is 1. The Balaban J connectivity index is 1.82. The standard InChI is InChI=1S/C23H23N5O3S/c1-15(31-2)12-20(24)17-10-8-16(9-11-17)19-13-28(23-21(19)22(25)26-14-27-23)32(29,30)18-6-4-3-5-7-18/h3-11,13-14,20H,1,12,24H2,2H3,(H2,25,26,27)/t20-/m1/s1. The molecule has 0 aliphatic heterocycles. The highest BCUT2D eigenvalue weighted by molar-refractivity contribution is 7.90. The van der Waals surface area contributed by atoms with Crippen LogP contribution in [0.15, 0.2) is 84.4 Å². The van der Waals surface area contributed by atoms with Crippen LogP contribution in [0.5, 0.6) is 0 Å². The second kappa shape index (κ2) is 8.45. The van der Waals surface area contributed by atoms with Gasteiger partial charge in [0, 0.05) is 24.2 Å². The lowest BCUT2D eigenvalue weighted by Crippen LogP contribution is -2.12. The quantitative estimate of drug-likeness (QED) is 0.414. The fraction of sp³-hybridized carbons (Fsp3) is 0.130. The second-order valence-electron chi connectivity index (χ2n) is 7.29. The van der Waals surface area contributed by atoms with Crippen LogP contribution >= 0.6 is 0 Å². The minimum atomic E-state index is -3.88. The Kier molecular flexibility index (Phi) is 5.68. The van der Waals surface area contributed by atoms with Crippen molar-refractivity contribution >= 4 is 26.9 Å². The molecule has 0 fully saturated rings. The molecule has 0 aliphatic rings. The molecule has 2 aromatic heterocycles. The first-order chi connectivity index (χ1) is 15.3. The SMILES string of the molecule is C=C(C[C@@H](N)c1ccc(-c2cn(S(=O)(=O)c3ccccc3)c3ncnc(N)c23)cc1)OC. The Morgan fingerprint density at radius 1 is 1.12 bits per heavy atom. The van der Waals surface area contributed by atoms with Gasteiger partial charge in [0.1, 0.15) is 12.1 Å². The Labute approximate surface area is 186 Å². The number of methoxy groups -OCH3 is 1. The van der Waals surface area contributed by atoms with E-state index in [0.29, 0.717) is 23.1 Å². The van der Waals surface area contributed by atoms with Crippen molar-refractivity contribution in [1.82, 2.24) is 13.9 Å². The summed E-state index contributed by atoms with van der Waals surface area (Å²) >= 11 is 0. The van der Waals surface area contributed by atoms with E-state index in [1.54, 1.807) is 25.3 Å². The third kappa shape index (κ3) is 3.83. The van der Waals surface area contributed by atoms with Crippen LogP contribution in [0.3, 0.4) is 0 Å². The Hall–Kier alpha value is -3.69. The molecule has 0 aliphatic carbocycles. The number of nitrogens with two attached hydrogens (primary N) is 2. The van der Waals surface area contributed by atoms with Crippen LogP contribution in [0, 0.1) is 0 Å². The van der Waals surface area contributed by atoms with Gasteiger partial charge in [-0.3, -0.25) is 0 Å². The van der Waals surface area contributed by atoms with Gasteiger partial charge in [0.05, 0.1) is 23.2 Å². The van der Waals surface area contributed by atoms with Gasteiger partial charge in [-0.1, -0.05) is 49.0 Å². The summed E-state index contributed by atoms with van der Waals surface area (Å²) in [5.74, 6) is 0.796. The van der Waals surface area contributed by atoms with Gasteiger partial charge in [0.15, 0.2) is 5.65 Å². The molecule has 4 aromatic rings. The van der Waals surface area contributed by atoms with E-state index in [-0.39, 0.29) is 22.4 Å². The van der Waals surface area contributed by atoms with E-state index in [1.165, 1.54) is 24.7 Å². The van der Waals surface area contributed by atoms with Crippen molar-refractivity contribution in [2.75, 3.05) is 12.8 Å². The minimum absolute atomic E-state index is 0.153. The van der Waals surface area contributed by atoms with E-state index in [0.717, 1.165) is 15.1 Å². The molecule has 0 unspecified atom stereocenters. The first-order valence-corrected chi connectivity index (χ1v) is 11.3. The normalized spacial score (nSPS) is 12.6. The lowest BCUT2D eigenvalue weighted by atomic mass is 9.99. The second-order valence-corrected chi connectivity index (χ2v) is 9.10. The maximum atomic E-state index is 13.3. The van der Waals surface area contributed by atoms with Gasteiger partial charge in [0.25, 0.3) is 10.0 Å². The topological polar surface area (TPSA) is 126 Å². The lowest BCUT2D eigenvalue weighted by molar-refractivity contribution is 0.272. The molecule has 0 spiro atoms. The number of nitrogens with zero attached hydrogens (tertiary/aromatic N) is 3. The smallest absolute Gasteiger partial charge is 0.269 e. The van der Waals surface area contributed by atoms with Crippen molar-refractivity contribution in [1.29, 1.82) is 0 Å². The van der Waals surface area contributed by atoms with Crippen LogP contribution in [0.2, 0.25) is 0 Å². The highest BCUT2D eigenvalue weighted by Crippen LogP contribution is 2.35. The van der Waals surface area contributed by atoms with Crippen molar-refractivity contribution in [2.45, 2.75) is 17.4 Å². The van der Waals surface area contributed by atoms with E-state index in [2.05, 4.69) is 16.5 Å². The lowest BCUT2D eigenvalue weighted by Gasteiger charge is -2.13. The van der Waals surface area contributed by atoms with Crippen LogP contribution in [0.4, 0.5) is 5.82 Å². The average Bonchev–Trinajstić information content (AvgIpc) is 3.21. The molecule has 32 heavy (non-hydrogen) atoms. The first kappa shape index (κ1) is 21.5. The van der Waals surface area contributed by atoms with Crippen molar-refractivity contribution in [2.24, 2.45) is 5.73 Å². The van der Waals surface area contributed by atoms with E-state index >= 15 is 0 Å². The van der Waals surface area contributed by atoms with E-state index in [4.69, 9.17) is 16.2 Å². The van der Waals surface area contributed by atoms with Gasteiger partial charge in [0.2, 0.25) is 0 Å². The molecule has 1 atom stereocenters. The fourth-order valence-electron chi connectivity index (χ4n) is 3.52. The molecule has 0 saturated carbocycles. The molecule has 0 bridgehead atoms. The number of hydrogen-bond acceptors (Lipinski definition) is 7. The number of rotatable bonds is 7. The predicted octanol–water partition coefficient (Wildman–Crippen LogP) is 3.47. The number of aromatic nitrogens is 3. The Morgan fingerprint density at radius 3 is 2.47 bits per heavy atom. The molecular formula is C23H23N5O3S. The van der Waals surface area contributed by atoms with Gasteiger partial charge < -0.3 is 16.2 Å². The molecule has 4 rings (SSSR count). The number of hydrogen-bond donors (Lipinski definition) is 2. The summed E-state index contributed by atoms with van der Waals surface area (Å²) in [4.78, 5) is 8.43. The van der Waals surface area contributed by atoms with Gasteiger partial charge in [-0.2, -0.15) is 0 Å². The monoisotopic (exact) mass is 449 g/mol. The van der Waals surface area contributed by atoms with E-state index in [9.17, 15) is 8.42 Å². The molecule has 164 valence electrons. The van der Waals surface area contributed by atoms with Crippen molar-refractivity contribution in [3.05, 3.63) is 85.0 Å². The maximum Gasteiger partial charge on any atom is 0.269 e. The zero-order chi connectivity index (χ0) is 22.9. The molecule has 9 heteroatoms. The maximum absolute atomic E-state index is 13.3. The van der Waals surface area contributed by atoms with Crippen LogP contribution in [0.1, 0.15) is 18.0 Å². The molecule has 0 amide bonds. The fourth-order valence-corrected chi connectivity index (χ4v) is 4.86. The minimum Gasteiger partial charge on any atom is -0.502 e. The summed E-state index contributed by atoms with van der Waals surface area (Å²) in [5.41, 5.74) is 14.9. The zero-order valence-corrected chi connectivity index (χ0v) is 18.3. The summed E-state index contributed by atoms with van der Waals surface area (Å²) in [7, 11) is -2.32. The van der Waals surface area contributed by atoms with Crippen molar-refractivity contribution in [3.8, 4) is 11.1 Å². The van der Waals surface area contributed by atoms with Crippen LogP contribution < -0.4 is 11.5 Å². The van der Waals surface area contributed by atoms with E-state index in [1.807, 2.05) is 24.3 Å². The van der Waals surface area contributed by atoms with Crippen molar-refractivity contribution in [3.63, 3.8) is 0 Å². The third-order valence-corrected chi connectivity index (χ3v) is 6.93. The highest BCUT2D eigenvalue weighted by Gasteiger charge is 2.24.